The van der Waals surface area contributed by atoms with Crippen molar-refractivity contribution in [2.75, 3.05) is 0 Å². The number of para-hydroxylation sites is 1. The van der Waals surface area contributed by atoms with Gasteiger partial charge >= 0.3 is 0 Å². The summed E-state index contributed by atoms with van der Waals surface area (Å²) in [6.45, 7) is 0. The van der Waals surface area contributed by atoms with Crippen LogP contribution in [0.5, 0.6) is 0 Å². The van der Waals surface area contributed by atoms with Crippen molar-refractivity contribution in [3.63, 3.8) is 0 Å². The summed E-state index contributed by atoms with van der Waals surface area (Å²) in [6.07, 6.45) is 2.29. The van der Waals surface area contributed by atoms with E-state index in [1.54, 1.807) is 18.3 Å². The van der Waals surface area contributed by atoms with E-state index in [1.807, 2.05) is 30.3 Å². The molecule has 1 atom stereocenters. The lowest BCUT2D eigenvalue weighted by molar-refractivity contribution is 0.622. The van der Waals surface area contributed by atoms with Crippen molar-refractivity contribution in [3.05, 3.63) is 76.7 Å². The Bertz CT molecular complexity index is 783. The minimum Gasteiger partial charge on any atom is -0.324 e. The first-order valence-corrected chi connectivity index (χ1v) is 7.06. The Morgan fingerprint density at radius 3 is 2.76 bits per heavy atom. The maximum absolute atomic E-state index is 13.5. The Morgan fingerprint density at radius 1 is 1.14 bits per heavy atom. The summed E-state index contributed by atoms with van der Waals surface area (Å²) in [7, 11) is 0. The van der Waals surface area contributed by atoms with Crippen molar-refractivity contribution < 1.29 is 4.39 Å². The summed E-state index contributed by atoms with van der Waals surface area (Å²) in [5.41, 5.74) is 9.04. The highest BCUT2D eigenvalue weighted by atomic mass is 35.5. The average Bonchev–Trinajstić information content (AvgIpc) is 2.50. The summed E-state index contributed by atoms with van der Waals surface area (Å²) >= 11 is 5.70. The third kappa shape index (κ3) is 2.89. The first-order valence-electron chi connectivity index (χ1n) is 6.68. The number of rotatable bonds is 3. The molecule has 1 heterocycles. The average molecular weight is 301 g/mol. The highest BCUT2D eigenvalue weighted by molar-refractivity contribution is 6.30. The third-order valence-electron chi connectivity index (χ3n) is 3.52. The quantitative estimate of drug-likeness (QED) is 0.784. The predicted molar refractivity (Wildman–Crippen MR) is 83.8 cm³/mol. The summed E-state index contributed by atoms with van der Waals surface area (Å²) in [5.74, 6) is -0.416. The monoisotopic (exact) mass is 300 g/mol. The van der Waals surface area contributed by atoms with E-state index in [2.05, 4.69) is 4.98 Å². The van der Waals surface area contributed by atoms with Crippen LogP contribution >= 0.6 is 11.6 Å². The molecular formula is C17H14ClFN2. The summed E-state index contributed by atoms with van der Waals surface area (Å²) in [5, 5.41) is 1.16. The van der Waals surface area contributed by atoms with Gasteiger partial charge in [0.25, 0.3) is 0 Å². The van der Waals surface area contributed by atoms with Crippen molar-refractivity contribution >= 4 is 22.5 Å². The molecule has 1 aromatic heterocycles. The molecular weight excluding hydrogens is 287 g/mol. The molecule has 0 fully saturated rings. The molecule has 2 N–H and O–H groups in total. The molecule has 3 aromatic rings. The minimum atomic E-state index is -0.416. The van der Waals surface area contributed by atoms with E-state index in [9.17, 15) is 4.39 Å². The maximum Gasteiger partial charge on any atom is 0.142 e. The standard InChI is InChI=1S/C17H14ClFN2/c18-14-6-5-11(9-15(14)19)10-16(20)12-7-8-21-17-4-2-1-3-13(12)17/h1-9,16H,10,20H2. The fourth-order valence-corrected chi connectivity index (χ4v) is 2.59. The van der Waals surface area contributed by atoms with E-state index in [4.69, 9.17) is 17.3 Å². The number of hydrogen-bond acceptors (Lipinski definition) is 2. The van der Waals surface area contributed by atoms with Gasteiger partial charge in [0, 0.05) is 17.6 Å². The van der Waals surface area contributed by atoms with Crippen molar-refractivity contribution in [3.8, 4) is 0 Å². The van der Waals surface area contributed by atoms with Gasteiger partial charge in [0.05, 0.1) is 10.5 Å². The maximum atomic E-state index is 13.5. The molecule has 0 aliphatic carbocycles. The second kappa shape index (κ2) is 5.80. The third-order valence-corrected chi connectivity index (χ3v) is 3.83. The van der Waals surface area contributed by atoms with Gasteiger partial charge in [-0.1, -0.05) is 35.9 Å². The SMILES string of the molecule is NC(Cc1ccc(Cl)c(F)c1)c1ccnc2ccccc12. The molecule has 0 saturated carbocycles. The molecule has 1 unspecified atom stereocenters. The largest absolute Gasteiger partial charge is 0.324 e. The molecule has 106 valence electrons. The Hall–Kier alpha value is -1.97. The van der Waals surface area contributed by atoms with Crippen LogP contribution in [0, 0.1) is 5.82 Å². The molecule has 2 aromatic carbocycles. The number of fused-ring (bicyclic) bond motifs is 1. The molecule has 0 saturated heterocycles. The summed E-state index contributed by atoms with van der Waals surface area (Å²) in [6, 6.07) is 14.3. The van der Waals surface area contributed by atoms with Gasteiger partial charge in [0.15, 0.2) is 0 Å². The van der Waals surface area contributed by atoms with Gasteiger partial charge in [0.1, 0.15) is 5.82 Å². The zero-order chi connectivity index (χ0) is 14.8. The van der Waals surface area contributed by atoms with Crippen LogP contribution in [0.1, 0.15) is 17.2 Å². The normalized spacial score (nSPS) is 12.5. The van der Waals surface area contributed by atoms with E-state index < -0.39 is 5.82 Å². The molecule has 21 heavy (non-hydrogen) atoms. The first-order chi connectivity index (χ1) is 10.1. The van der Waals surface area contributed by atoms with Crippen LogP contribution in [0.3, 0.4) is 0 Å². The van der Waals surface area contributed by atoms with Crippen LogP contribution in [0.4, 0.5) is 4.39 Å². The highest BCUT2D eigenvalue weighted by Crippen LogP contribution is 2.25. The number of nitrogens with zero attached hydrogens (tertiary/aromatic N) is 1. The Morgan fingerprint density at radius 2 is 1.95 bits per heavy atom. The van der Waals surface area contributed by atoms with E-state index in [0.717, 1.165) is 22.0 Å². The zero-order valence-electron chi connectivity index (χ0n) is 11.3. The van der Waals surface area contributed by atoms with Gasteiger partial charge in [-0.2, -0.15) is 0 Å². The van der Waals surface area contributed by atoms with Crippen LogP contribution in [0.25, 0.3) is 10.9 Å². The Kier molecular flexibility index (Phi) is 3.86. The zero-order valence-corrected chi connectivity index (χ0v) is 12.0. The van der Waals surface area contributed by atoms with Crippen LogP contribution in [0.2, 0.25) is 5.02 Å². The summed E-state index contributed by atoms with van der Waals surface area (Å²) < 4.78 is 13.5. The van der Waals surface area contributed by atoms with Gasteiger partial charge < -0.3 is 5.73 Å². The van der Waals surface area contributed by atoms with Crippen molar-refractivity contribution in [1.29, 1.82) is 0 Å². The molecule has 0 bridgehead atoms. The predicted octanol–water partition coefficient (Wildman–Crippen LogP) is 4.27. The van der Waals surface area contributed by atoms with Gasteiger partial charge in [0.2, 0.25) is 0 Å². The first kappa shape index (κ1) is 14.0. The number of aromatic nitrogens is 1. The molecule has 0 spiro atoms. The molecule has 0 radical (unpaired) electrons. The van der Waals surface area contributed by atoms with E-state index in [1.165, 1.54) is 6.07 Å². The lowest BCUT2D eigenvalue weighted by Gasteiger charge is -2.14. The number of hydrogen-bond donors (Lipinski definition) is 1. The molecule has 0 aliphatic heterocycles. The molecule has 0 amide bonds. The van der Waals surface area contributed by atoms with Crippen LogP contribution in [-0.2, 0) is 6.42 Å². The lowest BCUT2D eigenvalue weighted by Crippen LogP contribution is -2.14. The molecule has 2 nitrogen and oxygen atoms in total. The Balaban J connectivity index is 1.93. The smallest absolute Gasteiger partial charge is 0.142 e. The Labute approximate surface area is 127 Å². The molecule has 4 heteroatoms. The van der Waals surface area contributed by atoms with Gasteiger partial charge in [-0.15, -0.1) is 0 Å². The van der Waals surface area contributed by atoms with Crippen LogP contribution in [-0.4, -0.2) is 4.98 Å². The molecule has 0 aliphatic rings. The van der Waals surface area contributed by atoms with Gasteiger partial charge in [-0.05, 0) is 41.8 Å². The highest BCUT2D eigenvalue weighted by Gasteiger charge is 2.12. The lowest BCUT2D eigenvalue weighted by atomic mass is 9.97. The van der Waals surface area contributed by atoms with Crippen molar-refractivity contribution in [1.82, 2.24) is 4.98 Å². The number of pyridine rings is 1. The number of nitrogens with two attached hydrogens (primary N) is 1. The van der Waals surface area contributed by atoms with Gasteiger partial charge in [-0.3, -0.25) is 4.98 Å². The fraction of sp³-hybridized carbons (Fsp3) is 0.118. The van der Waals surface area contributed by atoms with E-state index in [-0.39, 0.29) is 11.1 Å². The van der Waals surface area contributed by atoms with E-state index >= 15 is 0 Å². The van der Waals surface area contributed by atoms with E-state index in [0.29, 0.717) is 6.42 Å². The fourth-order valence-electron chi connectivity index (χ4n) is 2.47. The van der Waals surface area contributed by atoms with Gasteiger partial charge in [-0.25, -0.2) is 4.39 Å². The summed E-state index contributed by atoms with van der Waals surface area (Å²) in [4.78, 5) is 4.32. The second-order valence-corrected chi connectivity index (χ2v) is 5.38. The van der Waals surface area contributed by atoms with Crippen LogP contribution in [0.15, 0.2) is 54.7 Å². The topological polar surface area (TPSA) is 38.9 Å². The molecule has 3 rings (SSSR count). The number of halogens is 2. The number of benzene rings is 2. The minimum absolute atomic E-state index is 0.127. The van der Waals surface area contributed by atoms with Crippen molar-refractivity contribution in [2.45, 2.75) is 12.5 Å². The second-order valence-electron chi connectivity index (χ2n) is 4.98. The van der Waals surface area contributed by atoms with Crippen molar-refractivity contribution in [2.24, 2.45) is 5.73 Å². The van der Waals surface area contributed by atoms with Crippen LogP contribution < -0.4 is 5.73 Å².